The largest absolute Gasteiger partial charge is 0.394 e. The monoisotopic (exact) mass is 247 g/mol. The van der Waals surface area contributed by atoms with Crippen LogP contribution < -0.4 is 5.73 Å². The molecule has 0 aromatic carbocycles. The quantitative estimate of drug-likeness (QED) is 0.509. The van der Waals surface area contributed by atoms with Gasteiger partial charge in [-0.15, -0.1) is 0 Å². The van der Waals surface area contributed by atoms with Crippen LogP contribution in [0.1, 0.15) is 19.3 Å². The lowest BCUT2D eigenvalue weighted by molar-refractivity contribution is -0.0345. The van der Waals surface area contributed by atoms with E-state index < -0.39 is 0 Å². The minimum Gasteiger partial charge on any atom is -0.394 e. The molecule has 0 radical (unpaired) electrons. The number of aliphatic hydroxyl groups is 1. The second-order valence-electron chi connectivity index (χ2n) is 4.47. The van der Waals surface area contributed by atoms with Gasteiger partial charge < -0.3 is 25.1 Å². The van der Waals surface area contributed by atoms with E-state index >= 15 is 0 Å². The number of ether oxygens (including phenoxy) is 3. The highest BCUT2D eigenvalue weighted by atomic mass is 16.5. The second kappa shape index (κ2) is 8.83. The van der Waals surface area contributed by atoms with Crippen LogP contribution in [0.3, 0.4) is 0 Å². The van der Waals surface area contributed by atoms with Gasteiger partial charge in [-0.1, -0.05) is 0 Å². The molecule has 2 atom stereocenters. The van der Waals surface area contributed by atoms with E-state index in [2.05, 4.69) is 0 Å². The number of methoxy groups -OCH3 is 1. The third kappa shape index (κ3) is 6.33. The number of hydrogen-bond acceptors (Lipinski definition) is 5. The van der Waals surface area contributed by atoms with Gasteiger partial charge in [0.25, 0.3) is 0 Å². The highest BCUT2D eigenvalue weighted by molar-refractivity contribution is 4.89. The van der Waals surface area contributed by atoms with Gasteiger partial charge in [-0.2, -0.15) is 0 Å². The molecule has 0 heterocycles. The summed E-state index contributed by atoms with van der Waals surface area (Å²) < 4.78 is 15.8. The molecule has 0 aromatic rings. The third-order valence-electron chi connectivity index (χ3n) is 2.97. The molecular formula is C12H25NO4. The van der Waals surface area contributed by atoms with E-state index in [1.54, 1.807) is 7.11 Å². The van der Waals surface area contributed by atoms with Gasteiger partial charge in [0.1, 0.15) is 0 Å². The molecule has 1 saturated carbocycles. The molecule has 1 aliphatic carbocycles. The first-order valence-electron chi connectivity index (χ1n) is 6.34. The molecule has 0 aromatic heterocycles. The Kier molecular flexibility index (Phi) is 7.72. The van der Waals surface area contributed by atoms with Gasteiger partial charge in [0.2, 0.25) is 0 Å². The fourth-order valence-corrected chi connectivity index (χ4v) is 1.74. The third-order valence-corrected chi connectivity index (χ3v) is 2.97. The molecule has 1 aliphatic rings. The van der Waals surface area contributed by atoms with E-state index in [1.165, 1.54) is 0 Å². The molecular weight excluding hydrogens is 222 g/mol. The van der Waals surface area contributed by atoms with Gasteiger partial charge in [0.05, 0.1) is 25.9 Å². The summed E-state index contributed by atoms with van der Waals surface area (Å²) in [6.45, 7) is 2.40. The van der Waals surface area contributed by atoms with E-state index in [-0.39, 0.29) is 18.8 Å². The Hall–Kier alpha value is -0.200. The zero-order chi connectivity index (χ0) is 12.5. The molecule has 102 valence electrons. The zero-order valence-electron chi connectivity index (χ0n) is 10.6. The lowest BCUT2D eigenvalue weighted by atomic mass is 10.1. The van der Waals surface area contributed by atoms with Crippen molar-refractivity contribution in [3.05, 3.63) is 0 Å². The van der Waals surface area contributed by atoms with Crippen molar-refractivity contribution in [1.82, 2.24) is 0 Å². The van der Waals surface area contributed by atoms with Crippen LogP contribution in [0.15, 0.2) is 0 Å². The van der Waals surface area contributed by atoms with Crippen LogP contribution in [0, 0.1) is 5.92 Å². The Morgan fingerprint density at radius 2 is 2.00 bits per heavy atom. The Morgan fingerprint density at radius 1 is 1.24 bits per heavy atom. The smallest absolute Gasteiger partial charge is 0.0959 e. The molecule has 2 unspecified atom stereocenters. The molecule has 1 rings (SSSR count). The summed E-state index contributed by atoms with van der Waals surface area (Å²) in [5.74, 6) is 0.537. The van der Waals surface area contributed by atoms with Crippen molar-refractivity contribution in [2.45, 2.75) is 31.4 Å². The van der Waals surface area contributed by atoms with Crippen LogP contribution in [-0.2, 0) is 14.2 Å². The first kappa shape index (κ1) is 14.9. The van der Waals surface area contributed by atoms with Crippen LogP contribution >= 0.6 is 0 Å². The second-order valence-corrected chi connectivity index (χ2v) is 4.47. The predicted molar refractivity (Wildman–Crippen MR) is 64.8 cm³/mol. The number of hydrogen-bond donors (Lipinski definition) is 2. The number of aliphatic hydroxyl groups excluding tert-OH is 1. The molecule has 17 heavy (non-hydrogen) atoms. The van der Waals surface area contributed by atoms with Crippen LogP contribution in [0.4, 0.5) is 0 Å². The predicted octanol–water partition coefficient (Wildman–Crippen LogP) is 0.154. The SMILES string of the molecule is COCCCOCCOC(CO)C(N)C1CC1. The molecule has 0 aliphatic heterocycles. The summed E-state index contributed by atoms with van der Waals surface area (Å²) in [6, 6.07) is -0.0338. The average molecular weight is 247 g/mol. The van der Waals surface area contributed by atoms with E-state index in [4.69, 9.17) is 19.9 Å². The molecule has 5 nitrogen and oxygen atoms in total. The van der Waals surface area contributed by atoms with Crippen LogP contribution in [0.2, 0.25) is 0 Å². The van der Waals surface area contributed by atoms with Gasteiger partial charge >= 0.3 is 0 Å². The van der Waals surface area contributed by atoms with Crippen molar-refractivity contribution in [1.29, 1.82) is 0 Å². The summed E-state index contributed by atoms with van der Waals surface area (Å²) in [4.78, 5) is 0. The maximum atomic E-state index is 9.18. The number of nitrogens with two attached hydrogens (primary N) is 1. The van der Waals surface area contributed by atoms with Crippen molar-refractivity contribution < 1.29 is 19.3 Å². The van der Waals surface area contributed by atoms with Gasteiger partial charge in [0, 0.05) is 26.4 Å². The molecule has 5 heteroatoms. The summed E-state index contributed by atoms with van der Waals surface area (Å²) >= 11 is 0. The van der Waals surface area contributed by atoms with Crippen molar-refractivity contribution in [3.8, 4) is 0 Å². The average Bonchev–Trinajstić information content (AvgIpc) is 3.16. The van der Waals surface area contributed by atoms with Crippen LogP contribution in [0.5, 0.6) is 0 Å². The van der Waals surface area contributed by atoms with Crippen molar-refractivity contribution >= 4 is 0 Å². The van der Waals surface area contributed by atoms with Crippen molar-refractivity contribution in [2.24, 2.45) is 11.7 Å². The van der Waals surface area contributed by atoms with Crippen molar-refractivity contribution in [3.63, 3.8) is 0 Å². The molecule has 0 amide bonds. The molecule has 0 saturated heterocycles. The fraction of sp³-hybridized carbons (Fsp3) is 1.00. The Morgan fingerprint density at radius 3 is 2.59 bits per heavy atom. The summed E-state index contributed by atoms with van der Waals surface area (Å²) in [6.07, 6.45) is 2.97. The van der Waals surface area contributed by atoms with E-state index in [0.29, 0.717) is 32.3 Å². The van der Waals surface area contributed by atoms with Gasteiger partial charge in [0.15, 0.2) is 0 Å². The Bertz CT molecular complexity index is 187. The first-order valence-corrected chi connectivity index (χ1v) is 6.34. The molecule has 0 spiro atoms. The fourth-order valence-electron chi connectivity index (χ4n) is 1.74. The summed E-state index contributed by atoms with van der Waals surface area (Å²) in [5, 5.41) is 9.18. The summed E-state index contributed by atoms with van der Waals surface area (Å²) in [7, 11) is 1.67. The summed E-state index contributed by atoms with van der Waals surface area (Å²) in [5.41, 5.74) is 5.97. The highest BCUT2D eigenvalue weighted by Gasteiger charge is 2.34. The van der Waals surface area contributed by atoms with Gasteiger partial charge in [-0.25, -0.2) is 0 Å². The Balaban J connectivity index is 1.95. The maximum Gasteiger partial charge on any atom is 0.0959 e. The molecule has 3 N–H and O–H groups in total. The van der Waals surface area contributed by atoms with Crippen LogP contribution in [0.25, 0.3) is 0 Å². The minimum absolute atomic E-state index is 0.0126. The molecule has 0 bridgehead atoms. The van der Waals surface area contributed by atoms with E-state index in [9.17, 15) is 5.11 Å². The lowest BCUT2D eigenvalue weighted by Gasteiger charge is -2.22. The van der Waals surface area contributed by atoms with Gasteiger partial charge in [-0.05, 0) is 25.2 Å². The Labute approximate surface area is 103 Å². The molecule has 1 fully saturated rings. The van der Waals surface area contributed by atoms with Gasteiger partial charge in [-0.3, -0.25) is 0 Å². The minimum atomic E-state index is -0.245. The van der Waals surface area contributed by atoms with Crippen LogP contribution in [-0.4, -0.2) is 57.4 Å². The number of rotatable bonds is 11. The zero-order valence-corrected chi connectivity index (χ0v) is 10.6. The maximum absolute atomic E-state index is 9.18. The lowest BCUT2D eigenvalue weighted by Crippen LogP contribution is -2.41. The normalized spacial score (nSPS) is 19.2. The highest BCUT2D eigenvalue weighted by Crippen LogP contribution is 2.33. The van der Waals surface area contributed by atoms with E-state index in [1.807, 2.05) is 0 Å². The topological polar surface area (TPSA) is 73.9 Å². The standard InChI is InChI=1S/C12H25NO4/c1-15-5-2-6-16-7-8-17-11(9-14)12(13)10-3-4-10/h10-12,14H,2-9,13H2,1H3. The van der Waals surface area contributed by atoms with E-state index in [0.717, 1.165) is 19.3 Å². The van der Waals surface area contributed by atoms with Crippen molar-refractivity contribution in [2.75, 3.05) is 40.1 Å². The first-order chi connectivity index (χ1) is 8.29.